The average Bonchev–Trinajstić information content (AvgIpc) is 2.79. The van der Waals surface area contributed by atoms with Crippen LogP contribution in [0.2, 0.25) is 0 Å². The molecule has 0 bridgehead atoms. The summed E-state index contributed by atoms with van der Waals surface area (Å²) in [6, 6.07) is 19.0. The molecule has 0 unspecified atom stereocenters. The molecule has 1 aromatic heterocycles. The standard InChI is InChI=1S/C19H19N/c1-4-20-15(3)19(17-12-8-9-13-18(17)20)14(2)16-10-6-5-7-11-16/h5-13H,2,4H2,1,3H3. The Kier molecular flexibility index (Phi) is 3.19. The van der Waals surface area contributed by atoms with Gasteiger partial charge in [-0.2, -0.15) is 0 Å². The van der Waals surface area contributed by atoms with Crippen molar-refractivity contribution in [2.24, 2.45) is 0 Å². The van der Waals surface area contributed by atoms with Gasteiger partial charge < -0.3 is 4.57 Å². The average molecular weight is 261 g/mol. The van der Waals surface area contributed by atoms with Gasteiger partial charge in [-0.15, -0.1) is 0 Å². The van der Waals surface area contributed by atoms with Crippen LogP contribution in [0, 0.1) is 6.92 Å². The van der Waals surface area contributed by atoms with Crippen molar-refractivity contribution >= 4 is 16.5 Å². The first kappa shape index (κ1) is 12.7. The Labute approximate surface area is 120 Å². The highest BCUT2D eigenvalue weighted by molar-refractivity contribution is 5.98. The molecule has 0 spiro atoms. The first-order chi connectivity index (χ1) is 9.74. The number of aryl methyl sites for hydroxylation is 1. The lowest BCUT2D eigenvalue weighted by molar-refractivity contribution is 0.768. The summed E-state index contributed by atoms with van der Waals surface area (Å²) in [4.78, 5) is 0. The lowest BCUT2D eigenvalue weighted by Crippen LogP contribution is -1.97. The van der Waals surface area contributed by atoms with Crippen molar-refractivity contribution in [1.29, 1.82) is 0 Å². The van der Waals surface area contributed by atoms with E-state index in [4.69, 9.17) is 0 Å². The quantitative estimate of drug-likeness (QED) is 0.623. The van der Waals surface area contributed by atoms with Crippen LogP contribution in [0.5, 0.6) is 0 Å². The van der Waals surface area contributed by atoms with E-state index in [0.29, 0.717) is 0 Å². The van der Waals surface area contributed by atoms with Gasteiger partial charge in [0.15, 0.2) is 0 Å². The van der Waals surface area contributed by atoms with Crippen LogP contribution in [-0.4, -0.2) is 4.57 Å². The van der Waals surface area contributed by atoms with E-state index in [9.17, 15) is 0 Å². The van der Waals surface area contributed by atoms with Crippen molar-refractivity contribution in [2.75, 3.05) is 0 Å². The fourth-order valence-electron chi connectivity index (χ4n) is 3.00. The molecule has 0 aliphatic carbocycles. The first-order valence-electron chi connectivity index (χ1n) is 7.06. The Morgan fingerprint density at radius 3 is 2.35 bits per heavy atom. The van der Waals surface area contributed by atoms with Gasteiger partial charge in [0.1, 0.15) is 0 Å². The van der Waals surface area contributed by atoms with Gasteiger partial charge in [-0.05, 0) is 31.1 Å². The van der Waals surface area contributed by atoms with Crippen molar-refractivity contribution in [1.82, 2.24) is 4.57 Å². The second kappa shape index (κ2) is 5.01. The van der Waals surface area contributed by atoms with E-state index in [1.165, 1.54) is 27.7 Å². The van der Waals surface area contributed by atoms with Gasteiger partial charge in [-0.3, -0.25) is 0 Å². The molecule has 1 heteroatoms. The minimum absolute atomic E-state index is 0.981. The van der Waals surface area contributed by atoms with Crippen LogP contribution < -0.4 is 0 Å². The SMILES string of the molecule is C=C(c1ccccc1)c1c(C)n(CC)c2ccccc12. The maximum Gasteiger partial charge on any atom is 0.0488 e. The number of benzene rings is 2. The topological polar surface area (TPSA) is 4.93 Å². The van der Waals surface area contributed by atoms with Gasteiger partial charge in [0, 0.05) is 28.7 Å². The number of hydrogen-bond donors (Lipinski definition) is 0. The van der Waals surface area contributed by atoms with E-state index in [1.54, 1.807) is 0 Å². The molecule has 20 heavy (non-hydrogen) atoms. The lowest BCUT2D eigenvalue weighted by Gasteiger charge is -2.08. The normalized spacial score (nSPS) is 10.9. The van der Waals surface area contributed by atoms with Gasteiger partial charge in [-0.1, -0.05) is 55.1 Å². The van der Waals surface area contributed by atoms with E-state index in [2.05, 4.69) is 73.5 Å². The van der Waals surface area contributed by atoms with E-state index >= 15 is 0 Å². The highest BCUT2D eigenvalue weighted by atomic mass is 15.0. The Bertz CT molecular complexity index is 763. The fraction of sp³-hybridized carbons (Fsp3) is 0.158. The second-order valence-electron chi connectivity index (χ2n) is 5.07. The molecule has 1 heterocycles. The van der Waals surface area contributed by atoms with Crippen LogP contribution in [0.3, 0.4) is 0 Å². The van der Waals surface area contributed by atoms with Crippen LogP contribution >= 0.6 is 0 Å². The van der Waals surface area contributed by atoms with Crippen molar-refractivity contribution in [2.45, 2.75) is 20.4 Å². The van der Waals surface area contributed by atoms with Crippen LogP contribution in [0.4, 0.5) is 0 Å². The fourth-order valence-corrected chi connectivity index (χ4v) is 3.00. The molecule has 0 amide bonds. The molecular weight excluding hydrogens is 242 g/mol. The second-order valence-corrected chi connectivity index (χ2v) is 5.07. The molecule has 0 radical (unpaired) electrons. The molecule has 0 saturated heterocycles. The van der Waals surface area contributed by atoms with Gasteiger partial charge in [0.25, 0.3) is 0 Å². The molecule has 1 nitrogen and oxygen atoms in total. The number of para-hydroxylation sites is 1. The summed E-state index contributed by atoms with van der Waals surface area (Å²) in [7, 11) is 0. The zero-order chi connectivity index (χ0) is 14.1. The maximum absolute atomic E-state index is 4.34. The summed E-state index contributed by atoms with van der Waals surface area (Å²) < 4.78 is 2.36. The summed E-state index contributed by atoms with van der Waals surface area (Å²) in [5.74, 6) is 0. The summed E-state index contributed by atoms with van der Waals surface area (Å²) in [6.07, 6.45) is 0. The van der Waals surface area contributed by atoms with Crippen LogP contribution in [0.25, 0.3) is 16.5 Å². The smallest absolute Gasteiger partial charge is 0.0488 e. The van der Waals surface area contributed by atoms with Crippen molar-refractivity contribution in [3.8, 4) is 0 Å². The zero-order valence-corrected chi connectivity index (χ0v) is 12.1. The highest BCUT2D eigenvalue weighted by Crippen LogP contribution is 2.33. The molecule has 3 rings (SSSR count). The number of aromatic nitrogens is 1. The van der Waals surface area contributed by atoms with Crippen LogP contribution in [0.15, 0.2) is 61.2 Å². The Hall–Kier alpha value is -2.28. The summed E-state index contributed by atoms with van der Waals surface area (Å²) in [5, 5.41) is 1.29. The molecule has 100 valence electrons. The summed E-state index contributed by atoms with van der Waals surface area (Å²) in [5.41, 5.74) is 6.15. The van der Waals surface area contributed by atoms with Gasteiger partial charge in [0.05, 0.1) is 0 Å². The molecule has 0 aliphatic heterocycles. The molecule has 0 N–H and O–H groups in total. The predicted octanol–water partition coefficient (Wildman–Crippen LogP) is 5.03. The monoisotopic (exact) mass is 261 g/mol. The first-order valence-corrected chi connectivity index (χ1v) is 7.06. The Balaban J connectivity index is 2.27. The third kappa shape index (κ3) is 1.87. The third-order valence-electron chi connectivity index (χ3n) is 3.97. The van der Waals surface area contributed by atoms with E-state index in [1.807, 2.05) is 6.07 Å². The molecule has 0 atom stereocenters. The third-order valence-corrected chi connectivity index (χ3v) is 3.97. The predicted molar refractivity (Wildman–Crippen MR) is 86.9 cm³/mol. The molecule has 2 aromatic carbocycles. The number of fused-ring (bicyclic) bond motifs is 1. The van der Waals surface area contributed by atoms with Crippen molar-refractivity contribution < 1.29 is 0 Å². The Morgan fingerprint density at radius 2 is 1.65 bits per heavy atom. The molecule has 0 fully saturated rings. The number of hydrogen-bond acceptors (Lipinski definition) is 0. The number of rotatable bonds is 3. The van der Waals surface area contributed by atoms with Crippen molar-refractivity contribution in [3.63, 3.8) is 0 Å². The molecule has 0 saturated carbocycles. The largest absolute Gasteiger partial charge is 0.345 e. The van der Waals surface area contributed by atoms with E-state index in [-0.39, 0.29) is 0 Å². The summed E-state index contributed by atoms with van der Waals surface area (Å²) in [6.45, 7) is 9.70. The van der Waals surface area contributed by atoms with E-state index in [0.717, 1.165) is 12.1 Å². The Morgan fingerprint density at radius 1 is 1.00 bits per heavy atom. The van der Waals surface area contributed by atoms with Gasteiger partial charge in [-0.25, -0.2) is 0 Å². The maximum atomic E-state index is 4.34. The van der Waals surface area contributed by atoms with Crippen molar-refractivity contribution in [3.05, 3.63) is 78.0 Å². The van der Waals surface area contributed by atoms with Crippen LogP contribution in [-0.2, 0) is 6.54 Å². The summed E-state index contributed by atoms with van der Waals surface area (Å²) >= 11 is 0. The van der Waals surface area contributed by atoms with Crippen LogP contribution in [0.1, 0.15) is 23.7 Å². The molecule has 0 aliphatic rings. The van der Waals surface area contributed by atoms with E-state index < -0.39 is 0 Å². The minimum atomic E-state index is 0.981. The zero-order valence-electron chi connectivity index (χ0n) is 12.1. The minimum Gasteiger partial charge on any atom is -0.345 e. The van der Waals surface area contributed by atoms with Gasteiger partial charge in [0.2, 0.25) is 0 Å². The highest BCUT2D eigenvalue weighted by Gasteiger charge is 2.15. The molecule has 3 aromatic rings. The van der Waals surface area contributed by atoms with Gasteiger partial charge >= 0.3 is 0 Å². The molecular formula is C19H19N. The number of nitrogens with zero attached hydrogens (tertiary/aromatic N) is 1. The lowest BCUT2D eigenvalue weighted by atomic mass is 9.97.